The lowest BCUT2D eigenvalue weighted by Gasteiger charge is -2.37. The third-order valence-electron chi connectivity index (χ3n) is 3.62. The van der Waals surface area contributed by atoms with Gasteiger partial charge in [-0.2, -0.15) is 0 Å². The molecule has 0 bridgehead atoms. The van der Waals surface area contributed by atoms with Crippen molar-refractivity contribution in [2.45, 2.75) is 45.8 Å². The van der Waals surface area contributed by atoms with Crippen molar-refractivity contribution in [1.82, 2.24) is 14.8 Å². The van der Waals surface area contributed by atoms with Crippen molar-refractivity contribution in [3.63, 3.8) is 0 Å². The topological polar surface area (TPSA) is 37.3 Å². The van der Waals surface area contributed by atoms with Crippen LogP contribution < -0.4 is 5.32 Å². The number of aromatic nitrogens is 1. The highest BCUT2D eigenvalue weighted by Gasteiger charge is 2.29. The second-order valence-corrected chi connectivity index (χ2v) is 6.58. The number of nitrogens with one attached hydrogen (secondary N) is 1. The Bertz CT molecular complexity index is 475. The van der Waals surface area contributed by atoms with Crippen molar-refractivity contribution in [3.8, 4) is 0 Å². The Balaban J connectivity index is 0.00000200. The molecule has 2 atom stereocenters. The summed E-state index contributed by atoms with van der Waals surface area (Å²) in [6.45, 7) is 10.0. The van der Waals surface area contributed by atoms with Gasteiger partial charge in [-0.15, -0.1) is 12.4 Å². The molecule has 1 aromatic heterocycles. The molecule has 0 saturated carbocycles. The molecular formula is C14H23BrClN3O. The Hall–Kier alpha value is -0.520. The number of halogens is 2. The first-order valence-electron chi connectivity index (χ1n) is 6.82. The van der Waals surface area contributed by atoms with Gasteiger partial charge in [0.2, 0.25) is 0 Å². The summed E-state index contributed by atoms with van der Waals surface area (Å²) >= 11 is 3.47. The fraction of sp³-hybridized carbons (Fsp3) is 0.643. The van der Waals surface area contributed by atoms with Crippen molar-refractivity contribution >= 4 is 34.2 Å². The van der Waals surface area contributed by atoms with Gasteiger partial charge in [0.15, 0.2) is 0 Å². The number of amides is 1. The molecule has 0 aliphatic carbocycles. The maximum absolute atomic E-state index is 12.8. The average Bonchev–Trinajstić information content (AvgIpc) is 2.74. The number of carbonyl (C=O) groups is 1. The second-order valence-electron chi connectivity index (χ2n) is 5.66. The van der Waals surface area contributed by atoms with Crippen LogP contribution in [0.15, 0.2) is 16.7 Å². The number of rotatable bonds is 2. The third kappa shape index (κ3) is 3.57. The van der Waals surface area contributed by atoms with Crippen LogP contribution in [-0.4, -0.2) is 40.5 Å². The monoisotopic (exact) mass is 363 g/mol. The van der Waals surface area contributed by atoms with E-state index in [9.17, 15) is 4.79 Å². The number of carbonyl (C=O) groups excluding carboxylic acids is 1. The van der Waals surface area contributed by atoms with E-state index < -0.39 is 0 Å². The standard InChI is InChI=1S/C14H22BrN3O.ClH/c1-9(2)17-8-12(15)5-13(17)14(19)18-7-10(3)16-6-11(18)4;/h5,8-11,16H,6-7H2,1-4H3;1H. The fourth-order valence-corrected chi connectivity index (χ4v) is 2.93. The molecule has 2 rings (SSSR count). The maximum Gasteiger partial charge on any atom is 0.270 e. The molecule has 0 aromatic carbocycles. The Kier molecular flexibility index (Phi) is 6.10. The zero-order chi connectivity index (χ0) is 14.2. The van der Waals surface area contributed by atoms with Crippen molar-refractivity contribution in [3.05, 3.63) is 22.4 Å². The third-order valence-corrected chi connectivity index (χ3v) is 4.05. The van der Waals surface area contributed by atoms with E-state index in [4.69, 9.17) is 0 Å². The van der Waals surface area contributed by atoms with E-state index >= 15 is 0 Å². The van der Waals surface area contributed by atoms with E-state index in [1.807, 2.05) is 21.7 Å². The number of nitrogens with zero attached hydrogens (tertiary/aromatic N) is 2. The van der Waals surface area contributed by atoms with Gasteiger partial charge in [0, 0.05) is 41.9 Å². The Morgan fingerprint density at radius 3 is 2.70 bits per heavy atom. The van der Waals surface area contributed by atoms with E-state index in [1.54, 1.807) is 0 Å². The van der Waals surface area contributed by atoms with Crippen LogP contribution in [0.5, 0.6) is 0 Å². The molecule has 0 spiro atoms. The minimum absolute atomic E-state index is 0. The van der Waals surface area contributed by atoms with E-state index in [0.717, 1.165) is 23.3 Å². The maximum atomic E-state index is 12.8. The van der Waals surface area contributed by atoms with Crippen LogP contribution in [0, 0.1) is 0 Å². The van der Waals surface area contributed by atoms with Crippen LogP contribution in [0.25, 0.3) is 0 Å². The van der Waals surface area contributed by atoms with Gasteiger partial charge in [-0.05, 0) is 49.7 Å². The lowest BCUT2D eigenvalue weighted by Crippen LogP contribution is -2.56. The largest absolute Gasteiger partial charge is 0.340 e. The summed E-state index contributed by atoms with van der Waals surface area (Å²) in [5.74, 6) is 0.125. The number of piperazine rings is 1. The summed E-state index contributed by atoms with van der Waals surface area (Å²) in [5, 5.41) is 3.40. The van der Waals surface area contributed by atoms with E-state index in [1.165, 1.54) is 0 Å². The van der Waals surface area contributed by atoms with Crippen LogP contribution >= 0.6 is 28.3 Å². The summed E-state index contributed by atoms with van der Waals surface area (Å²) in [7, 11) is 0. The highest BCUT2D eigenvalue weighted by atomic mass is 79.9. The van der Waals surface area contributed by atoms with E-state index in [0.29, 0.717) is 6.04 Å². The van der Waals surface area contributed by atoms with Crippen LogP contribution in [0.4, 0.5) is 0 Å². The minimum atomic E-state index is 0. The smallest absolute Gasteiger partial charge is 0.270 e. The molecule has 0 radical (unpaired) electrons. The van der Waals surface area contributed by atoms with Gasteiger partial charge in [0.1, 0.15) is 5.69 Å². The van der Waals surface area contributed by atoms with Crippen molar-refractivity contribution in [1.29, 1.82) is 0 Å². The van der Waals surface area contributed by atoms with Gasteiger partial charge in [0.05, 0.1) is 0 Å². The molecule has 1 aliphatic rings. The van der Waals surface area contributed by atoms with Crippen LogP contribution in [-0.2, 0) is 0 Å². The highest BCUT2D eigenvalue weighted by molar-refractivity contribution is 9.10. The quantitative estimate of drug-likeness (QED) is 0.875. The molecule has 2 unspecified atom stereocenters. The highest BCUT2D eigenvalue weighted by Crippen LogP contribution is 2.22. The molecule has 1 amide bonds. The van der Waals surface area contributed by atoms with E-state index in [-0.39, 0.29) is 30.4 Å². The zero-order valence-electron chi connectivity index (χ0n) is 12.4. The molecule has 6 heteroatoms. The summed E-state index contributed by atoms with van der Waals surface area (Å²) in [5.41, 5.74) is 0.767. The predicted molar refractivity (Wildman–Crippen MR) is 87.7 cm³/mol. The predicted octanol–water partition coefficient (Wildman–Crippen LogP) is 3.08. The Morgan fingerprint density at radius 2 is 2.10 bits per heavy atom. The van der Waals surface area contributed by atoms with Crippen molar-refractivity contribution in [2.75, 3.05) is 13.1 Å². The molecule has 1 aliphatic heterocycles. The molecule has 1 aromatic rings. The van der Waals surface area contributed by atoms with E-state index in [2.05, 4.69) is 48.9 Å². The lowest BCUT2D eigenvalue weighted by atomic mass is 10.1. The molecule has 1 saturated heterocycles. The molecule has 4 nitrogen and oxygen atoms in total. The van der Waals surface area contributed by atoms with Gasteiger partial charge in [0.25, 0.3) is 5.91 Å². The van der Waals surface area contributed by atoms with Crippen LogP contribution in [0.1, 0.15) is 44.2 Å². The fourth-order valence-electron chi connectivity index (χ4n) is 2.50. The molecule has 2 heterocycles. The number of hydrogen-bond donors (Lipinski definition) is 1. The molecule has 20 heavy (non-hydrogen) atoms. The molecule has 1 N–H and O–H groups in total. The minimum Gasteiger partial charge on any atom is -0.340 e. The summed E-state index contributed by atoms with van der Waals surface area (Å²) < 4.78 is 2.99. The average molecular weight is 365 g/mol. The van der Waals surface area contributed by atoms with Gasteiger partial charge in [-0.1, -0.05) is 0 Å². The van der Waals surface area contributed by atoms with Gasteiger partial charge in [-0.25, -0.2) is 0 Å². The van der Waals surface area contributed by atoms with Gasteiger partial charge >= 0.3 is 0 Å². The molecule has 114 valence electrons. The molecule has 1 fully saturated rings. The first kappa shape index (κ1) is 17.5. The Morgan fingerprint density at radius 1 is 1.45 bits per heavy atom. The summed E-state index contributed by atoms with van der Waals surface area (Å²) in [4.78, 5) is 14.7. The second kappa shape index (κ2) is 6.96. The van der Waals surface area contributed by atoms with Crippen LogP contribution in [0.2, 0.25) is 0 Å². The number of hydrogen-bond acceptors (Lipinski definition) is 2. The normalized spacial score (nSPS) is 22.8. The first-order chi connectivity index (χ1) is 8.90. The summed E-state index contributed by atoms with van der Waals surface area (Å²) in [6, 6.07) is 2.78. The Labute approximate surface area is 135 Å². The SMILES string of the molecule is CC1CN(C(=O)c2cc(Br)cn2C(C)C)C(C)CN1.Cl. The van der Waals surface area contributed by atoms with Crippen molar-refractivity contribution < 1.29 is 4.79 Å². The summed E-state index contributed by atoms with van der Waals surface area (Å²) in [6.07, 6.45) is 1.98. The van der Waals surface area contributed by atoms with Gasteiger partial charge < -0.3 is 14.8 Å². The van der Waals surface area contributed by atoms with Crippen LogP contribution in [0.3, 0.4) is 0 Å². The van der Waals surface area contributed by atoms with Gasteiger partial charge in [-0.3, -0.25) is 4.79 Å². The van der Waals surface area contributed by atoms with Crippen molar-refractivity contribution in [2.24, 2.45) is 0 Å². The first-order valence-corrected chi connectivity index (χ1v) is 7.61. The lowest BCUT2D eigenvalue weighted by molar-refractivity contribution is 0.0603. The zero-order valence-corrected chi connectivity index (χ0v) is 14.8. The molecular weight excluding hydrogens is 342 g/mol.